The summed E-state index contributed by atoms with van der Waals surface area (Å²) in [6.07, 6.45) is 5.82. The molecule has 1 aliphatic rings. The summed E-state index contributed by atoms with van der Waals surface area (Å²) in [7, 11) is 0. The Labute approximate surface area is 146 Å². The molecular formula is C19H22N6. The smallest absolute Gasteiger partial charge is 0.138 e. The van der Waals surface area contributed by atoms with Crippen molar-refractivity contribution in [2.24, 2.45) is 0 Å². The number of pyridine rings is 1. The molecule has 3 aromatic rings. The monoisotopic (exact) mass is 334 g/mol. The maximum absolute atomic E-state index is 9.25. The zero-order valence-electron chi connectivity index (χ0n) is 14.6. The van der Waals surface area contributed by atoms with Crippen molar-refractivity contribution in [3.05, 3.63) is 35.8 Å². The molecule has 6 nitrogen and oxygen atoms in total. The van der Waals surface area contributed by atoms with Crippen molar-refractivity contribution >= 4 is 11.0 Å². The highest BCUT2D eigenvalue weighted by atomic mass is 15.3. The lowest BCUT2D eigenvalue weighted by Gasteiger charge is -2.24. The molecule has 128 valence electrons. The van der Waals surface area contributed by atoms with Crippen LogP contribution in [-0.2, 0) is 0 Å². The highest BCUT2D eigenvalue weighted by molar-refractivity contribution is 5.86. The summed E-state index contributed by atoms with van der Waals surface area (Å²) in [5.74, 6) is 0.545. The molecule has 0 aliphatic carbocycles. The van der Waals surface area contributed by atoms with E-state index in [9.17, 15) is 5.26 Å². The van der Waals surface area contributed by atoms with Gasteiger partial charge in [0.2, 0.25) is 0 Å². The van der Waals surface area contributed by atoms with Crippen LogP contribution in [0.1, 0.15) is 49.9 Å². The van der Waals surface area contributed by atoms with Gasteiger partial charge < -0.3 is 10.3 Å². The molecule has 1 aliphatic heterocycles. The minimum atomic E-state index is 0.317. The van der Waals surface area contributed by atoms with E-state index in [1.54, 1.807) is 6.20 Å². The maximum atomic E-state index is 9.25. The fraction of sp³-hybridized carbons (Fsp3) is 0.421. The average molecular weight is 334 g/mol. The first kappa shape index (κ1) is 15.9. The fourth-order valence-electron chi connectivity index (χ4n) is 3.62. The van der Waals surface area contributed by atoms with Crippen LogP contribution in [0.5, 0.6) is 0 Å². The van der Waals surface area contributed by atoms with E-state index >= 15 is 0 Å². The summed E-state index contributed by atoms with van der Waals surface area (Å²) < 4.78 is 2.15. The van der Waals surface area contributed by atoms with Crippen molar-refractivity contribution in [3.63, 3.8) is 0 Å². The van der Waals surface area contributed by atoms with E-state index in [0.29, 0.717) is 17.5 Å². The van der Waals surface area contributed by atoms with Gasteiger partial charge in [0.25, 0.3) is 0 Å². The number of H-pyrrole nitrogens is 1. The van der Waals surface area contributed by atoms with E-state index in [1.807, 2.05) is 12.3 Å². The summed E-state index contributed by atoms with van der Waals surface area (Å²) >= 11 is 0. The standard InChI is InChI=1S/C19H22N6/c1-12(2)25-18(13-3-5-21-6-4-13)8-17(24-25)14-7-16-15(9-20)11-23-19(16)22-10-14/h7-8,10-13,21H,3-6H2,1-2H3,(H,22,23). The average Bonchev–Trinajstić information content (AvgIpc) is 3.26. The third-order valence-electron chi connectivity index (χ3n) is 4.96. The Morgan fingerprint density at radius 3 is 2.80 bits per heavy atom. The van der Waals surface area contributed by atoms with Gasteiger partial charge >= 0.3 is 0 Å². The van der Waals surface area contributed by atoms with Gasteiger partial charge in [-0.2, -0.15) is 10.4 Å². The molecule has 0 aromatic carbocycles. The van der Waals surface area contributed by atoms with E-state index in [2.05, 4.69) is 45.9 Å². The predicted octanol–water partition coefficient (Wildman–Crippen LogP) is 3.35. The first-order chi connectivity index (χ1) is 12.2. The number of nitriles is 1. The largest absolute Gasteiger partial charge is 0.345 e. The number of hydrogen-bond acceptors (Lipinski definition) is 4. The molecule has 0 atom stereocenters. The van der Waals surface area contributed by atoms with Crippen LogP contribution in [0, 0.1) is 11.3 Å². The molecule has 1 saturated heterocycles. The van der Waals surface area contributed by atoms with E-state index in [-0.39, 0.29) is 0 Å². The molecule has 0 saturated carbocycles. The van der Waals surface area contributed by atoms with Gasteiger partial charge in [0.1, 0.15) is 11.7 Å². The van der Waals surface area contributed by atoms with Crippen LogP contribution in [0.4, 0.5) is 0 Å². The maximum Gasteiger partial charge on any atom is 0.138 e. The van der Waals surface area contributed by atoms with Gasteiger partial charge in [-0.1, -0.05) is 0 Å². The third kappa shape index (κ3) is 2.81. The zero-order chi connectivity index (χ0) is 17.4. The minimum Gasteiger partial charge on any atom is -0.345 e. The Bertz CT molecular complexity index is 937. The highest BCUT2D eigenvalue weighted by Crippen LogP contribution is 2.32. The Morgan fingerprint density at radius 2 is 2.08 bits per heavy atom. The number of aromatic nitrogens is 4. The van der Waals surface area contributed by atoms with E-state index in [0.717, 1.165) is 48.2 Å². The van der Waals surface area contributed by atoms with Gasteiger partial charge in [-0.15, -0.1) is 0 Å². The van der Waals surface area contributed by atoms with Crippen molar-refractivity contribution in [2.45, 2.75) is 38.6 Å². The molecular weight excluding hydrogens is 312 g/mol. The molecule has 0 amide bonds. The second-order valence-electron chi connectivity index (χ2n) is 6.95. The van der Waals surface area contributed by atoms with E-state index < -0.39 is 0 Å². The van der Waals surface area contributed by atoms with Crippen LogP contribution >= 0.6 is 0 Å². The van der Waals surface area contributed by atoms with Gasteiger partial charge in [-0.3, -0.25) is 4.68 Å². The van der Waals surface area contributed by atoms with Crippen molar-refractivity contribution < 1.29 is 0 Å². The zero-order valence-corrected chi connectivity index (χ0v) is 14.6. The predicted molar refractivity (Wildman–Crippen MR) is 97.3 cm³/mol. The number of rotatable bonds is 3. The molecule has 1 fully saturated rings. The van der Waals surface area contributed by atoms with Crippen molar-refractivity contribution in [3.8, 4) is 17.3 Å². The third-order valence-corrected chi connectivity index (χ3v) is 4.96. The van der Waals surface area contributed by atoms with Crippen molar-refractivity contribution in [2.75, 3.05) is 13.1 Å². The molecule has 2 N–H and O–H groups in total. The lowest BCUT2D eigenvalue weighted by molar-refractivity contribution is 0.413. The van der Waals surface area contributed by atoms with Crippen LogP contribution in [0.15, 0.2) is 24.5 Å². The summed E-state index contributed by atoms with van der Waals surface area (Å²) in [5.41, 5.74) is 4.55. The normalized spacial score (nSPS) is 15.8. The van der Waals surface area contributed by atoms with Crippen molar-refractivity contribution in [1.29, 1.82) is 5.26 Å². The highest BCUT2D eigenvalue weighted by Gasteiger charge is 2.22. The molecule has 0 bridgehead atoms. The number of nitrogens with one attached hydrogen (secondary N) is 2. The Balaban J connectivity index is 1.78. The first-order valence-corrected chi connectivity index (χ1v) is 8.85. The fourth-order valence-corrected chi connectivity index (χ4v) is 3.62. The lowest BCUT2D eigenvalue weighted by Crippen LogP contribution is -2.28. The molecule has 25 heavy (non-hydrogen) atoms. The SMILES string of the molecule is CC(C)n1nc(-c2cnc3[nH]cc(C#N)c3c2)cc1C1CCNCC1. The Morgan fingerprint density at radius 1 is 1.28 bits per heavy atom. The van der Waals surface area contributed by atoms with Gasteiger partial charge in [0, 0.05) is 41.0 Å². The Kier molecular flexibility index (Phi) is 4.02. The number of hydrogen-bond donors (Lipinski definition) is 2. The Hall–Kier alpha value is -2.65. The molecule has 6 heteroatoms. The molecule has 0 spiro atoms. The van der Waals surface area contributed by atoms with Gasteiger partial charge in [0.05, 0.1) is 11.3 Å². The van der Waals surface area contributed by atoms with Crippen LogP contribution in [0.3, 0.4) is 0 Å². The number of piperidine rings is 1. The second-order valence-corrected chi connectivity index (χ2v) is 6.95. The summed E-state index contributed by atoms with van der Waals surface area (Å²) in [6, 6.07) is 6.74. The van der Waals surface area contributed by atoms with Crippen LogP contribution in [-0.4, -0.2) is 32.8 Å². The van der Waals surface area contributed by atoms with Crippen molar-refractivity contribution in [1.82, 2.24) is 25.1 Å². The van der Waals surface area contributed by atoms with Gasteiger partial charge in [-0.25, -0.2) is 4.98 Å². The summed E-state index contributed by atoms with van der Waals surface area (Å²) in [4.78, 5) is 7.49. The molecule has 0 radical (unpaired) electrons. The van der Waals surface area contributed by atoms with E-state index in [4.69, 9.17) is 5.10 Å². The summed E-state index contributed by atoms with van der Waals surface area (Å²) in [5, 5.41) is 18.4. The van der Waals surface area contributed by atoms with Crippen LogP contribution in [0.25, 0.3) is 22.3 Å². The quantitative estimate of drug-likeness (QED) is 0.769. The van der Waals surface area contributed by atoms with Gasteiger partial charge in [0.15, 0.2) is 0 Å². The molecule has 4 heterocycles. The summed E-state index contributed by atoms with van der Waals surface area (Å²) in [6.45, 7) is 6.46. The minimum absolute atomic E-state index is 0.317. The molecule has 3 aromatic heterocycles. The number of fused-ring (bicyclic) bond motifs is 1. The molecule has 0 unspecified atom stereocenters. The number of aromatic amines is 1. The topological polar surface area (TPSA) is 82.3 Å². The van der Waals surface area contributed by atoms with Gasteiger partial charge in [-0.05, 0) is 51.9 Å². The first-order valence-electron chi connectivity index (χ1n) is 8.85. The number of nitrogens with zero attached hydrogens (tertiary/aromatic N) is 4. The van der Waals surface area contributed by atoms with E-state index in [1.165, 1.54) is 5.69 Å². The van der Waals surface area contributed by atoms with Crippen LogP contribution in [0.2, 0.25) is 0 Å². The lowest BCUT2D eigenvalue weighted by atomic mass is 9.93. The van der Waals surface area contributed by atoms with Crippen LogP contribution < -0.4 is 5.32 Å². The molecule has 4 rings (SSSR count). The second kappa shape index (κ2) is 6.34.